The van der Waals surface area contributed by atoms with Crippen molar-refractivity contribution < 1.29 is 9.53 Å². The number of carbonyl (C=O) groups excluding carboxylic acids is 1. The number of hydrogen-bond donors (Lipinski definition) is 3. The highest BCUT2D eigenvalue weighted by molar-refractivity contribution is 5.96. The van der Waals surface area contributed by atoms with Crippen LogP contribution >= 0.6 is 0 Å². The first-order valence-electron chi connectivity index (χ1n) is 6.62. The van der Waals surface area contributed by atoms with Crippen molar-refractivity contribution >= 4 is 17.3 Å². The lowest BCUT2D eigenvalue weighted by Gasteiger charge is -2.11. The Hall–Kier alpha value is -1.75. The van der Waals surface area contributed by atoms with Gasteiger partial charge in [0.1, 0.15) is 0 Å². The van der Waals surface area contributed by atoms with Gasteiger partial charge in [-0.3, -0.25) is 4.79 Å². The molecule has 5 nitrogen and oxygen atoms in total. The van der Waals surface area contributed by atoms with Gasteiger partial charge in [0.2, 0.25) is 0 Å². The van der Waals surface area contributed by atoms with E-state index in [4.69, 9.17) is 10.5 Å². The third-order valence-corrected chi connectivity index (χ3v) is 2.67. The molecule has 5 heteroatoms. The Balaban J connectivity index is 2.46. The van der Waals surface area contributed by atoms with Crippen LogP contribution in [0.25, 0.3) is 0 Å². The maximum atomic E-state index is 11.5. The van der Waals surface area contributed by atoms with Gasteiger partial charge in [0, 0.05) is 32.4 Å². The molecule has 0 atom stereocenters. The van der Waals surface area contributed by atoms with Gasteiger partial charge in [-0.2, -0.15) is 0 Å². The first kappa shape index (κ1) is 15.3. The SMILES string of the molecule is CCCOCCCNc1cc(C(=O)NC)ccc1N. The molecule has 1 rings (SSSR count). The van der Waals surface area contributed by atoms with E-state index in [1.54, 1.807) is 25.2 Å². The molecule has 0 aliphatic rings. The Morgan fingerprint density at radius 2 is 2.16 bits per heavy atom. The van der Waals surface area contributed by atoms with Crippen molar-refractivity contribution in [3.8, 4) is 0 Å². The molecule has 0 unspecified atom stereocenters. The van der Waals surface area contributed by atoms with Crippen molar-refractivity contribution in [2.24, 2.45) is 0 Å². The van der Waals surface area contributed by atoms with E-state index < -0.39 is 0 Å². The van der Waals surface area contributed by atoms with Crippen LogP contribution in [-0.4, -0.2) is 32.7 Å². The predicted octanol–water partition coefficient (Wildman–Crippen LogP) is 1.86. The summed E-state index contributed by atoms with van der Waals surface area (Å²) in [7, 11) is 1.61. The van der Waals surface area contributed by atoms with E-state index in [0.29, 0.717) is 11.3 Å². The minimum atomic E-state index is -0.116. The van der Waals surface area contributed by atoms with Crippen LogP contribution in [0, 0.1) is 0 Å². The topological polar surface area (TPSA) is 76.4 Å². The Morgan fingerprint density at radius 1 is 1.37 bits per heavy atom. The summed E-state index contributed by atoms with van der Waals surface area (Å²) in [5.74, 6) is -0.116. The molecule has 0 aliphatic carbocycles. The van der Waals surface area contributed by atoms with Crippen LogP contribution in [0.3, 0.4) is 0 Å². The fraction of sp³-hybridized carbons (Fsp3) is 0.500. The van der Waals surface area contributed by atoms with E-state index in [0.717, 1.165) is 38.3 Å². The Labute approximate surface area is 114 Å². The molecule has 0 bridgehead atoms. The van der Waals surface area contributed by atoms with Crippen molar-refractivity contribution in [3.63, 3.8) is 0 Å². The van der Waals surface area contributed by atoms with E-state index in [1.807, 2.05) is 0 Å². The monoisotopic (exact) mass is 265 g/mol. The second-order valence-electron chi connectivity index (χ2n) is 4.27. The number of hydrogen-bond acceptors (Lipinski definition) is 4. The molecule has 0 heterocycles. The second kappa shape index (κ2) is 8.37. The molecular weight excluding hydrogens is 242 g/mol. The van der Waals surface area contributed by atoms with Gasteiger partial charge in [-0.25, -0.2) is 0 Å². The zero-order valence-corrected chi connectivity index (χ0v) is 11.7. The Bertz CT molecular complexity index is 408. The molecule has 0 aliphatic heterocycles. The molecule has 4 N–H and O–H groups in total. The molecule has 1 aromatic carbocycles. The van der Waals surface area contributed by atoms with Crippen molar-refractivity contribution in [1.82, 2.24) is 5.32 Å². The van der Waals surface area contributed by atoms with Crippen LogP contribution in [-0.2, 0) is 4.74 Å². The number of nitrogens with one attached hydrogen (secondary N) is 2. The zero-order chi connectivity index (χ0) is 14.1. The van der Waals surface area contributed by atoms with Crippen LogP contribution in [0.4, 0.5) is 11.4 Å². The highest BCUT2D eigenvalue weighted by Gasteiger charge is 2.06. The summed E-state index contributed by atoms with van der Waals surface area (Å²) >= 11 is 0. The molecule has 0 saturated heterocycles. The highest BCUT2D eigenvalue weighted by atomic mass is 16.5. The number of benzene rings is 1. The Morgan fingerprint density at radius 3 is 2.84 bits per heavy atom. The largest absolute Gasteiger partial charge is 0.397 e. The summed E-state index contributed by atoms with van der Waals surface area (Å²) in [6.07, 6.45) is 1.94. The van der Waals surface area contributed by atoms with Crippen LogP contribution in [0.5, 0.6) is 0 Å². The molecule has 0 radical (unpaired) electrons. The molecule has 0 aromatic heterocycles. The molecule has 0 fully saturated rings. The van der Waals surface area contributed by atoms with E-state index >= 15 is 0 Å². The van der Waals surface area contributed by atoms with Gasteiger partial charge in [0.05, 0.1) is 11.4 Å². The summed E-state index contributed by atoms with van der Waals surface area (Å²) in [6, 6.07) is 5.21. The lowest BCUT2D eigenvalue weighted by molar-refractivity contribution is 0.0963. The molecular formula is C14H23N3O2. The van der Waals surface area contributed by atoms with Crippen LogP contribution in [0.1, 0.15) is 30.1 Å². The Kier molecular flexibility index (Phi) is 6.74. The summed E-state index contributed by atoms with van der Waals surface area (Å²) in [5, 5.41) is 5.82. The zero-order valence-electron chi connectivity index (χ0n) is 11.7. The second-order valence-corrected chi connectivity index (χ2v) is 4.27. The maximum absolute atomic E-state index is 11.5. The standard InChI is InChI=1S/C14H23N3O2/c1-3-8-19-9-4-7-17-13-10-11(14(18)16-2)5-6-12(13)15/h5-6,10,17H,3-4,7-9,15H2,1-2H3,(H,16,18). The average Bonchev–Trinajstić information content (AvgIpc) is 2.43. The van der Waals surface area contributed by atoms with E-state index in [2.05, 4.69) is 17.6 Å². The first-order chi connectivity index (χ1) is 9.19. The van der Waals surface area contributed by atoms with Gasteiger partial charge < -0.3 is 21.1 Å². The summed E-state index contributed by atoms with van der Waals surface area (Å²) in [5.41, 5.74) is 7.90. The highest BCUT2D eigenvalue weighted by Crippen LogP contribution is 2.19. The minimum Gasteiger partial charge on any atom is -0.397 e. The summed E-state index contributed by atoms with van der Waals surface area (Å²) < 4.78 is 5.39. The van der Waals surface area contributed by atoms with Crippen LogP contribution in [0.2, 0.25) is 0 Å². The molecule has 0 spiro atoms. The molecule has 0 saturated carbocycles. The molecule has 1 amide bonds. The number of anilines is 2. The number of nitrogens with two attached hydrogens (primary N) is 1. The van der Waals surface area contributed by atoms with Gasteiger partial charge >= 0.3 is 0 Å². The number of ether oxygens (including phenoxy) is 1. The van der Waals surface area contributed by atoms with Crippen molar-refractivity contribution in [1.29, 1.82) is 0 Å². The van der Waals surface area contributed by atoms with Gasteiger partial charge in [0.25, 0.3) is 5.91 Å². The first-order valence-corrected chi connectivity index (χ1v) is 6.62. The number of rotatable bonds is 8. The van der Waals surface area contributed by atoms with Crippen molar-refractivity contribution in [2.45, 2.75) is 19.8 Å². The normalized spacial score (nSPS) is 10.2. The van der Waals surface area contributed by atoms with E-state index in [9.17, 15) is 4.79 Å². The fourth-order valence-electron chi connectivity index (χ4n) is 1.64. The molecule has 1 aromatic rings. The number of carbonyl (C=O) groups is 1. The van der Waals surface area contributed by atoms with Gasteiger partial charge in [0.15, 0.2) is 0 Å². The van der Waals surface area contributed by atoms with Gasteiger partial charge in [-0.1, -0.05) is 6.92 Å². The van der Waals surface area contributed by atoms with E-state index in [1.165, 1.54) is 0 Å². The predicted molar refractivity (Wildman–Crippen MR) is 78.5 cm³/mol. The lowest BCUT2D eigenvalue weighted by atomic mass is 10.1. The van der Waals surface area contributed by atoms with Crippen LogP contribution < -0.4 is 16.4 Å². The number of nitrogen functional groups attached to an aromatic ring is 1. The van der Waals surface area contributed by atoms with Gasteiger partial charge in [-0.05, 0) is 31.0 Å². The molecule has 106 valence electrons. The average molecular weight is 265 g/mol. The lowest BCUT2D eigenvalue weighted by Crippen LogP contribution is -2.18. The summed E-state index contributed by atoms with van der Waals surface area (Å²) in [4.78, 5) is 11.5. The summed E-state index contributed by atoms with van der Waals surface area (Å²) in [6.45, 7) is 4.39. The van der Waals surface area contributed by atoms with Crippen molar-refractivity contribution in [2.75, 3.05) is 37.9 Å². The third-order valence-electron chi connectivity index (χ3n) is 2.67. The van der Waals surface area contributed by atoms with E-state index in [-0.39, 0.29) is 5.91 Å². The fourth-order valence-corrected chi connectivity index (χ4v) is 1.64. The maximum Gasteiger partial charge on any atom is 0.251 e. The molecule has 19 heavy (non-hydrogen) atoms. The minimum absolute atomic E-state index is 0.116. The third kappa shape index (κ3) is 5.18. The van der Waals surface area contributed by atoms with Gasteiger partial charge in [-0.15, -0.1) is 0 Å². The smallest absolute Gasteiger partial charge is 0.251 e. The quantitative estimate of drug-likeness (QED) is 0.495. The number of amides is 1. The van der Waals surface area contributed by atoms with Crippen molar-refractivity contribution in [3.05, 3.63) is 23.8 Å². The van der Waals surface area contributed by atoms with Crippen LogP contribution in [0.15, 0.2) is 18.2 Å².